The molecule has 1 saturated heterocycles. The topological polar surface area (TPSA) is 48.3 Å². The van der Waals surface area contributed by atoms with Crippen LogP contribution < -0.4 is 10.2 Å². The highest BCUT2D eigenvalue weighted by molar-refractivity contribution is 5.38. The number of hydrogen-bond acceptors (Lipinski definition) is 4. The fraction of sp³-hybridized carbons (Fsp3) is 0.417. The molecule has 0 amide bonds. The predicted molar refractivity (Wildman–Crippen MR) is 58.5 cm³/mol. The first-order valence-electron chi connectivity index (χ1n) is 5.48. The third-order valence-electron chi connectivity index (χ3n) is 3.22. The Kier molecular flexibility index (Phi) is 2.28. The second kappa shape index (κ2) is 3.78. The van der Waals surface area contributed by atoms with Crippen LogP contribution in [0.2, 0.25) is 0 Å². The highest BCUT2D eigenvalue weighted by Crippen LogP contribution is 2.38. The van der Waals surface area contributed by atoms with Crippen molar-refractivity contribution in [3.63, 3.8) is 0 Å². The quantitative estimate of drug-likeness (QED) is 0.712. The number of rotatable bonds is 1. The van der Waals surface area contributed by atoms with E-state index in [0.29, 0.717) is 18.5 Å². The van der Waals surface area contributed by atoms with Gasteiger partial charge in [-0.25, -0.2) is 10.4 Å². The third-order valence-corrected chi connectivity index (χ3v) is 3.22. The minimum absolute atomic E-state index is 0.304. The van der Waals surface area contributed by atoms with Crippen molar-refractivity contribution >= 4 is 0 Å². The van der Waals surface area contributed by atoms with Crippen LogP contribution >= 0.6 is 0 Å². The molecule has 3 rings (SSSR count). The summed E-state index contributed by atoms with van der Waals surface area (Å²) in [6, 6.07) is 10.6. The molecule has 1 aromatic rings. The van der Waals surface area contributed by atoms with Gasteiger partial charge in [-0.3, -0.25) is 0 Å². The van der Waals surface area contributed by atoms with Crippen molar-refractivity contribution < 1.29 is 4.74 Å². The molecule has 1 aromatic carbocycles. The molecular formula is C12H13N3O. The number of para-hydroxylation sites is 1. The predicted octanol–water partition coefficient (Wildman–Crippen LogP) is 1.08. The standard InChI is InChI=1S/C12H13N3O/c13-5-6-15-7-9-8-16-11-4-2-1-3-10(11)12(9)14-15/h1-4,9,12,14H,6-8H2. The van der Waals surface area contributed by atoms with Crippen LogP contribution in [0.5, 0.6) is 5.75 Å². The molecular weight excluding hydrogens is 202 g/mol. The maximum Gasteiger partial charge on any atom is 0.124 e. The summed E-state index contributed by atoms with van der Waals surface area (Å²) < 4.78 is 5.71. The second-order valence-electron chi connectivity index (χ2n) is 4.25. The van der Waals surface area contributed by atoms with Crippen molar-refractivity contribution in [1.29, 1.82) is 5.26 Å². The van der Waals surface area contributed by atoms with Crippen LogP contribution in [0.25, 0.3) is 0 Å². The average Bonchev–Trinajstić information content (AvgIpc) is 2.72. The Morgan fingerprint density at radius 3 is 3.25 bits per heavy atom. The van der Waals surface area contributed by atoms with Crippen molar-refractivity contribution in [2.75, 3.05) is 19.7 Å². The smallest absolute Gasteiger partial charge is 0.124 e. The molecule has 0 aromatic heterocycles. The third kappa shape index (κ3) is 1.45. The van der Waals surface area contributed by atoms with Crippen LogP contribution in [0.4, 0.5) is 0 Å². The van der Waals surface area contributed by atoms with E-state index in [2.05, 4.69) is 17.6 Å². The van der Waals surface area contributed by atoms with E-state index >= 15 is 0 Å². The molecule has 0 saturated carbocycles. The zero-order valence-electron chi connectivity index (χ0n) is 8.89. The fourth-order valence-corrected chi connectivity index (χ4v) is 2.48. The molecule has 1 N–H and O–H groups in total. The molecule has 0 spiro atoms. The van der Waals surface area contributed by atoms with Crippen LogP contribution in [0.15, 0.2) is 24.3 Å². The number of nitriles is 1. The second-order valence-corrected chi connectivity index (χ2v) is 4.25. The first-order valence-corrected chi connectivity index (χ1v) is 5.48. The van der Waals surface area contributed by atoms with Crippen molar-refractivity contribution in [1.82, 2.24) is 10.4 Å². The molecule has 0 radical (unpaired) electrons. The number of nitrogens with zero attached hydrogens (tertiary/aromatic N) is 2. The summed E-state index contributed by atoms with van der Waals surface area (Å²) in [6.45, 7) is 2.04. The molecule has 0 bridgehead atoms. The average molecular weight is 215 g/mol. The summed E-state index contributed by atoms with van der Waals surface area (Å²) in [6.07, 6.45) is 0. The van der Waals surface area contributed by atoms with Gasteiger partial charge in [-0.15, -0.1) is 0 Å². The molecule has 2 atom stereocenters. The van der Waals surface area contributed by atoms with Gasteiger partial charge in [0.1, 0.15) is 12.3 Å². The van der Waals surface area contributed by atoms with Gasteiger partial charge in [-0.05, 0) is 6.07 Å². The number of ether oxygens (including phenoxy) is 1. The van der Waals surface area contributed by atoms with Crippen LogP contribution in [0.3, 0.4) is 0 Å². The number of nitrogens with one attached hydrogen (secondary N) is 1. The number of fused-ring (bicyclic) bond motifs is 3. The molecule has 4 nitrogen and oxygen atoms in total. The first-order chi connectivity index (χ1) is 7.88. The summed E-state index contributed by atoms with van der Waals surface area (Å²) in [5.41, 5.74) is 4.59. The van der Waals surface area contributed by atoms with Crippen molar-refractivity contribution in [2.45, 2.75) is 6.04 Å². The lowest BCUT2D eigenvalue weighted by atomic mass is 9.93. The lowest BCUT2D eigenvalue weighted by Crippen LogP contribution is -2.32. The van der Waals surface area contributed by atoms with Gasteiger partial charge in [0.2, 0.25) is 0 Å². The Morgan fingerprint density at radius 2 is 2.38 bits per heavy atom. The van der Waals surface area contributed by atoms with Gasteiger partial charge in [0.15, 0.2) is 0 Å². The van der Waals surface area contributed by atoms with E-state index in [-0.39, 0.29) is 0 Å². The van der Waals surface area contributed by atoms with E-state index in [4.69, 9.17) is 10.00 Å². The van der Waals surface area contributed by atoms with Crippen LogP contribution in [0.1, 0.15) is 11.6 Å². The van der Waals surface area contributed by atoms with Crippen molar-refractivity contribution in [3.8, 4) is 11.8 Å². The van der Waals surface area contributed by atoms with E-state index in [9.17, 15) is 0 Å². The Balaban J connectivity index is 1.88. The van der Waals surface area contributed by atoms with E-state index in [1.807, 2.05) is 23.2 Å². The van der Waals surface area contributed by atoms with Gasteiger partial charge < -0.3 is 4.74 Å². The van der Waals surface area contributed by atoms with Gasteiger partial charge in [0.05, 0.1) is 18.7 Å². The van der Waals surface area contributed by atoms with E-state index < -0.39 is 0 Å². The lowest BCUT2D eigenvalue weighted by molar-refractivity contribution is 0.212. The monoisotopic (exact) mass is 215 g/mol. The minimum atomic E-state index is 0.304. The molecule has 16 heavy (non-hydrogen) atoms. The Hall–Kier alpha value is -1.57. The van der Waals surface area contributed by atoms with Gasteiger partial charge in [-0.2, -0.15) is 5.26 Å². The van der Waals surface area contributed by atoms with Crippen molar-refractivity contribution in [3.05, 3.63) is 29.8 Å². The van der Waals surface area contributed by atoms with Gasteiger partial charge in [-0.1, -0.05) is 18.2 Å². The maximum absolute atomic E-state index is 8.69. The fourth-order valence-electron chi connectivity index (χ4n) is 2.48. The molecule has 4 heteroatoms. The normalized spacial score (nSPS) is 27.7. The van der Waals surface area contributed by atoms with E-state index in [1.165, 1.54) is 5.56 Å². The zero-order valence-corrected chi connectivity index (χ0v) is 8.89. The highest BCUT2D eigenvalue weighted by Gasteiger charge is 2.38. The molecule has 2 aliphatic heterocycles. The summed E-state index contributed by atoms with van der Waals surface area (Å²) in [7, 11) is 0. The molecule has 1 fully saturated rings. The summed E-state index contributed by atoms with van der Waals surface area (Å²) >= 11 is 0. The lowest BCUT2D eigenvalue weighted by Gasteiger charge is -2.27. The van der Waals surface area contributed by atoms with Crippen molar-refractivity contribution in [2.24, 2.45) is 5.92 Å². The molecule has 2 unspecified atom stereocenters. The van der Waals surface area contributed by atoms with Gasteiger partial charge >= 0.3 is 0 Å². The van der Waals surface area contributed by atoms with Gasteiger partial charge in [0, 0.05) is 18.0 Å². The maximum atomic E-state index is 8.69. The number of benzene rings is 1. The summed E-state index contributed by atoms with van der Waals surface area (Å²) in [5.74, 6) is 1.42. The minimum Gasteiger partial charge on any atom is -0.493 e. The number of hydrazine groups is 1. The molecule has 2 heterocycles. The van der Waals surface area contributed by atoms with Crippen LogP contribution in [-0.2, 0) is 0 Å². The zero-order chi connectivity index (χ0) is 11.0. The first kappa shape index (κ1) is 9.64. The van der Waals surface area contributed by atoms with Crippen LogP contribution in [0, 0.1) is 17.2 Å². The summed E-state index contributed by atoms with van der Waals surface area (Å²) in [5, 5.41) is 10.7. The largest absolute Gasteiger partial charge is 0.493 e. The van der Waals surface area contributed by atoms with E-state index in [1.54, 1.807) is 0 Å². The molecule has 82 valence electrons. The Bertz CT molecular complexity index is 440. The number of hydrogen-bond donors (Lipinski definition) is 1. The molecule has 0 aliphatic carbocycles. The highest BCUT2D eigenvalue weighted by atomic mass is 16.5. The Labute approximate surface area is 94.4 Å². The van der Waals surface area contributed by atoms with Gasteiger partial charge in [0.25, 0.3) is 0 Å². The molecule has 2 aliphatic rings. The SMILES string of the molecule is N#CCN1CC2COc3ccccc3C2N1. The Morgan fingerprint density at radius 1 is 1.50 bits per heavy atom. The summed E-state index contributed by atoms with van der Waals surface area (Å²) in [4.78, 5) is 0. The van der Waals surface area contributed by atoms with Crippen LogP contribution in [-0.4, -0.2) is 24.7 Å². The van der Waals surface area contributed by atoms with E-state index in [0.717, 1.165) is 18.9 Å².